The summed E-state index contributed by atoms with van der Waals surface area (Å²) < 4.78 is 0. The van der Waals surface area contributed by atoms with Crippen molar-refractivity contribution >= 4 is 7.28 Å². The van der Waals surface area contributed by atoms with Gasteiger partial charge in [0.2, 0.25) is 0 Å². The molecule has 0 fully saturated rings. The topological polar surface area (TPSA) is 0 Å². The van der Waals surface area contributed by atoms with Crippen molar-refractivity contribution in [2.45, 2.75) is 259 Å². The van der Waals surface area contributed by atoms with Crippen LogP contribution in [0, 0.1) is 11.8 Å². The summed E-state index contributed by atoms with van der Waals surface area (Å²) >= 11 is 0. The fourth-order valence-electron chi connectivity index (χ4n) is 6.98. The molecule has 2 unspecified atom stereocenters. The lowest BCUT2D eigenvalue weighted by Crippen LogP contribution is -2.05. The first kappa shape index (κ1) is 43.1. The van der Waals surface area contributed by atoms with Crippen molar-refractivity contribution in [2.24, 2.45) is 11.8 Å². The molecule has 0 saturated heterocycles. The minimum atomic E-state index is 0.898. The summed E-state index contributed by atoms with van der Waals surface area (Å²) in [6.45, 7) is 9.60. The molecule has 0 amide bonds. The van der Waals surface area contributed by atoms with E-state index in [9.17, 15) is 0 Å². The normalized spacial score (nSPS) is 13.0. The second-order valence-electron chi connectivity index (χ2n) is 15.2. The molecular weight excluding hydrogens is 515 g/mol. The lowest BCUT2D eigenvalue weighted by Gasteiger charge is -2.14. The highest BCUT2D eigenvalue weighted by molar-refractivity contribution is 6.35. The third kappa shape index (κ3) is 38.2. The molecule has 0 aromatic carbocycles. The summed E-state index contributed by atoms with van der Waals surface area (Å²) in [5.41, 5.74) is 0. The summed E-state index contributed by atoms with van der Waals surface area (Å²) in [5, 5.41) is 0. The van der Waals surface area contributed by atoms with Crippen molar-refractivity contribution in [3.8, 4) is 0 Å². The van der Waals surface area contributed by atoms with Crippen LogP contribution >= 0.6 is 0 Å². The number of hydrogen-bond donors (Lipinski definition) is 0. The Morgan fingerprint density at radius 1 is 0.279 bits per heavy atom. The summed E-state index contributed by atoms with van der Waals surface area (Å²) in [7, 11) is 2.63. The van der Waals surface area contributed by atoms with Gasteiger partial charge in [-0.3, -0.25) is 0 Å². The Morgan fingerprint density at radius 2 is 0.465 bits per heavy atom. The average molecular weight is 602 g/mol. The van der Waals surface area contributed by atoms with E-state index >= 15 is 0 Å². The van der Waals surface area contributed by atoms with E-state index in [2.05, 4.69) is 35.0 Å². The Morgan fingerprint density at radius 3 is 0.674 bits per heavy atom. The molecule has 0 aliphatic carbocycles. The van der Waals surface area contributed by atoms with Gasteiger partial charge in [-0.2, -0.15) is 0 Å². The fourth-order valence-corrected chi connectivity index (χ4v) is 6.98. The molecular formula is C42H86B. The number of rotatable bonds is 38. The quantitative estimate of drug-likeness (QED) is 0.0488. The lowest BCUT2D eigenvalue weighted by molar-refractivity contribution is 0.493. The predicted molar refractivity (Wildman–Crippen MR) is 202 cm³/mol. The first-order valence-electron chi connectivity index (χ1n) is 21.0. The van der Waals surface area contributed by atoms with Crippen LogP contribution < -0.4 is 0 Å². The maximum atomic E-state index is 2.63. The van der Waals surface area contributed by atoms with E-state index in [1.54, 1.807) is 0 Å². The van der Waals surface area contributed by atoms with Crippen LogP contribution in [0.3, 0.4) is 0 Å². The molecule has 0 heterocycles. The smallest absolute Gasteiger partial charge is 0.0778 e. The maximum absolute atomic E-state index is 2.63. The van der Waals surface area contributed by atoms with Crippen LogP contribution in [0.4, 0.5) is 0 Å². The molecule has 0 nitrogen and oxygen atoms in total. The largest absolute Gasteiger partial charge is 0.110 e. The van der Waals surface area contributed by atoms with Gasteiger partial charge in [-0.25, -0.2) is 0 Å². The zero-order chi connectivity index (χ0) is 31.3. The van der Waals surface area contributed by atoms with Crippen LogP contribution in [-0.4, -0.2) is 7.28 Å². The van der Waals surface area contributed by atoms with Crippen molar-refractivity contribution in [1.29, 1.82) is 0 Å². The first-order chi connectivity index (χ1) is 21.2. The zero-order valence-corrected chi connectivity index (χ0v) is 31.2. The van der Waals surface area contributed by atoms with Gasteiger partial charge in [0, 0.05) is 0 Å². The first-order valence-corrected chi connectivity index (χ1v) is 21.0. The highest BCUT2D eigenvalue weighted by Gasteiger charge is 2.07. The van der Waals surface area contributed by atoms with Gasteiger partial charge < -0.3 is 0 Å². The molecule has 0 saturated carbocycles. The lowest BCUT2D eigenvalue weighted by atomic mass is 9.63. The number of hydrogen-bond acceptors (Lipinski definition) is 0. The van der Waals surface area contributed by atoms with Gasteiger partial charge in [0.25, 0.3) is 0 Å². The number of unbranched alkanes of at least 4 members (excludes halogenated alkanes) is 30. The van der Waals surface area contributed by atoms with Gasteiger partial charge in [-0.05, 0) is 0 Å². The maximum Gasteiger partial charge on any atom is 0.110 e. The van der Waals surface area contributed by atoms with E-state index in [0.717, 1.165) is 11.8 Å². The van der Waals surface area contributed by atoms with Gasteiger partial charge >= 0.3 is 0 Å². The molecule has 1 radical (unpaired) electrons. The summed E-state index contributed by atoms with van der Waals surface area (Å²) in [4.78, 5) is 0. The molecule has 0 aromatic heterocycles. The average Bonchev–Trinajstić information content (AvgIpc) is 3.00. The van der Waals surface area contributed by atoms with Crippen LogP contribution in [0.25, 0.3) is 0 Å². The zero-order valence-electron chi connectivity index (χ0n) is 31.2. The Balaban J connectivity index is 3.25. The highest BCUT2D eigenvalue weighted by atomic mass is 14.1. The van der Waals surface area contributed by atoms with Crippen molar-refractivity contribution in [3.63, 3.8) is 0 Å². The van der Waals surface area contributed by atoms with Crippen molar-refractivity contribution in [1.82, 2.24) is 0 Å². The molecule has 43 heavy (non-hydrogen) atoms. The SMILES string of the molecule is CCCCCCCCCCCCCCCCCCC(C)C[B]CC(C)CCCCCCCCCCCCCCCCCC. The Kier molecular flexibility index (Phi) is 38.3. The van der Waals surface area contributed by atoms with Crippen LogP contribution in [-0.2, 0) is 0 Å². The second-order valence-corrected chi connectivity index (χ2v) is 15.2. The van der Waals surface area contributed by atoms with E-state index in [1.165, 1.54) is 231 Å². The molecule has 0 aliphatic heterocycles. The molecule has 2 atom stereocenters. The summed E-state index contributed by atoms with van der Waals surface area (Å²) in [5.74, 6) is 1.80. The predicted octanol–water partition coefficient (Wildman–Crippen LogP) is 16.1. The van der Waals surface area contributed by atoms with Crippen molar-refractivity contribution in [2.75, 3.05) is 0 Å². The van der Waals surface area contributed by atoms with Crippen molar-refractivity contribution < 1.29 is 0 Å². The molecule has 257 valence electrons. The molecule has 0 bridgehead atoms. The van der Waals surface area contributed by atoms with Gasteiger partial charge in [0.05, 0.1) is 0 Å². The van der Waals surface area contributed by atoms with Crippen LogP contribution in [0.2, 0.25) is 12.6 Å². The van der Waals surface area contributed by atoms with Gasteiger partial charge in [0.1, 0.15) is 7.28 Å². The monoisotopic (exact) mass is 602 g/mol. The van der Waals surface area contributed by atoms with E-state index in [4.69, 9.17) is 0 Å². The van der Waals surface area contributed by atoms with Crippen LogP contribution in [0.1, 0.15) is 246 Å². The Hall–Kier alpha value is 0.0649. The van der Waals surface area contributed by atoms with Crippen molar-refractivity contribution in [3.05, 3.63) is 0 Å². The minimum Gasteiger partial charge on any atom is -0.0778 e. The molecule has 1 heteroatoms. The Labute approximate surface area is 277 Å². The van der Waals surface area contributed by atoms with E-state index < -0.39 is 0 Å². The fraction of sp³-hybridized carbons (Fsp3) is 1.00. The third-order valence-corrected chi connectivity index (χ3v) is 10.2. The van der Waals surface area contributed by atoms with E-state index in [-0.39, 0.29) is 0 Å². The Bertz CT molecular complexity index is 432. The summed E-state index contributed by atoms with van der Waals surface area (Å²) in [6.07, 6.45) is 52.6. The minimum absolute atomic E-state index is 0.898. The van der Waals surface area contributed by atoms with Crippen LogP contribution in [0.5, 0.6) is 0 Å². The molecule has 0 N–H and O–H groups in total. The molecule has 0 aromatic rings. The van der Waals surface area contributed by atoms with Gasteiger partial charge in [-0.1, -0.05) is 270 Å². The van der Waals surface area contributed by atoms with Gasteiger partial charge in [0.15, 0.2) is 0 Å². The van der Waals surface area contributed by atoms with Crippen LogP contribution in [0.15, 0.2) is 0 Å². The van der Waals surface area contributed by atoms with E-state index in [0.29, 0.717) is 0 Å². The molecule has 0 rings (SSSR count). The summed E-state index contributed by atoms with van der Waals surface area (Å²) in [6, 6.07) is 0. The standard InChI is InChI=1S/C42H86B/c1-5-7-9-11-13-15-17-19-21-23-25-27-29-31-33-35-37-41(3)39-43-40-42(4)38-36-34-32-30-28-26-24-22-20-18-16-14-12-10-8-6-2/h41-42H,5-40H2,1-4H3. The van der Waals surface area contributed by atoms with E-state index in [1.807, 2.05) is 0 Å². The second kappa shape index (κ2) is 38.2. The molecule has 0 spiro atoms. The molecule has 0 aliphatic rings. The third-order valence-electron chi connectivity index (χ3n) is 10.2. The van der Waals surface area contributed by atoms with Gasteiger partial charge in [-0.15, -0.1) is 0 Å². The highest BCUT2D eigenvalue weighted by Crippen LogP contribution is 2.20.